The van der Waals surface area contributed by atoms with E-state index in [2.05, 4.69) is 0 Å². The highest BCUT2D eigenvalue weighted by atomic mass is 35.5. The Hall–Kier alpha value is -0.340. The summed E-state index contributed by atoms with van der Waals surface area (Å²) in [6.45, 7) is -0.111. The average molecular weight is 360 g/mol. The van der Waals surface area contributed by atoms with Gasteiger partial charge in [0.2, 0.25) is 10.0 Å². The Balaban J connectivity index is 3.04. The molecule has 0 unspecified atom stereocenters. The van der Waals surface area contributed by atoms with Crippen molar-refractivity contribution in [2.75, 3.05) is 25.6 Å². The number of sulfonamides is 1. The summed E-state index contributed by atoms with van der Waals surface area (Å²) < 4.78 is 47.7. The summed E-state index contributed by atoms with van der Waals surface area (Å²) in [5.74, 6) is -0.145. The lowest BCUT2D eigenvalue weighted by atomic mass is 10.2. The molecule has 0 bridgehead atoms. The molecule has 5 nitrogen and oxygen atoms in total. The van der Waals surface area contributed by atoms with Crippen LogP contribution in [0.2, 0.25) is 5.02 Å². The van der Waals surface area contributed by atoms with Crippen LogP contribution < -0.4 is 0 Å². The molecule has 0 saturated heterocycles. The molecule has 0 N–H and O–H groups in total. The van der Waals surface area contributed by atoms with Gasteiger partial charge in [0.05, 0.1) is 10.6 Å². The zero-order valence-corrected chi connectivity index (χ0v) is 14.2. The maximum absolute atomic E-state index is 12.3. The van der Waals surface area contributed by atoms with Crippen molar-refractivity contribution in [3.8, 4) is 0 Å². The Morgan fingerprint density at radius 1 is 1.20 bits per heavy atom. The predicted molar refractivity (Wildman–Crippen MR) is 80.5 cm³/mol. The van der Waals surface area contributed by atoms with E-state index in [1.165, 1.54) is 25.2 Å². The fourth-order valence-corrected chi connectivity index (χ4v) is 3.83. The van der Waals surface area contributed by atoms with Gasteiger partial charge >= 0.3 is 0 Å². The van der Waals surface area contributed by atoms with Gasteiger partial charge in [-0.1, -0.05) is 11.6 Å². The lowest BCUT2D eigenvalue weighted by Crippen LogP contribution is -2.31. The van der Waals surface area contributed by atoms with E-state index in [0.717, 1.165) is 10.6 Å². The molecule has 0 spiro atoms. The largest absolute Gasteiger partial charge is 0.242 e. The smallest absolute Gasteiger partial charge is 0.229 e. The molecule has 0 heterocycles. The van der Waals surface area contributed by atoms with E-state index in [1.807, 2.05) is 0 Å². The molecule has 0 fully saturated rings. The average Bonchev–Trinajstić information content (AvgIpc) is 2.35. The second kappa shape index (κ2) is 6.62. The number of sulfone groups is 1. The van der Waals surface area contributed by atoms with Gasteiger partial charge < -0.3 is 0 Å². The van der Waals surface area contributed by atoms with Crippen molar-refractivity contribution in [2.24, 2.45) is 0 Å². The maximum atomic E-state index is 12.3. The first kappa shape index (κ1) is 17.7. The highest BCUT2D eigenvalue weighted by Crippen LogP contribution is 2.23. The van der Waals surface area contributed by atoms with Crippen molar-refractivity contribution in [3.63, 3.8) is 0 Å². The van der Waals surface area contributed by atoms with Gasteiger partial charge in [0.15, 0.2) is 0 Å². The summed E-state index contributed by atoms with van der Waals surface area (Å²) in [6.07, 6.45) is 1.06. The molecule has 1 aromatic rings. The van der Waals surface area contributed by atoms with Gasteiger partial charge in [-0.05, 0) is 23.8 Å². The lowest BCUT2D eigenvalue weighted by molar-refractivity contribution is 0.484. The molecular weight excluding hydrogens is 345 g/mol. The molecule has 20 heavy (non-hydrogen) atoms. The van der Waals surface area contributed by atoms with Gasteiger partial charge in [-0.25, -0.2) is 16.8 Å². The van der Waals surface area contributed by atoms with E-state index >= 15 is 0 Å². The molecule has 114 valence electrons. The number of alkyl halides is 1. The summed E-state index contributed by atoms with van der Waals surface area (Å²) >= 11 is 11.6. The van der Waals surface area contributed by atoms with Crippen molar-refractivity contribution in [3.05, 3.63) is 28.8 Å². The Bertz CT molecular complexity index is 686. The number of rotatable bonds is 6. The molecule has 0 amide bonds. The third-order valence-corrected chi connectivity index (χ3v) is 6.08. The summed E-state index contributed by atoms with van der Waals surface area (Å²) in [7, 11) is -5.66. The third kappa shape index (κ3) is 4.60. The van der Waals surface area contributed by atoms with Gasteiger partial charge in [0.25, 0.3) is 0 Å². The minimum atomic E-state index is -3.76. The highest BCUT2D eigenvalue weighted by molar-refractivity contribution is 7.91. The maximum Gasteiger partial charge on any atom is 0.242 e. The number of hydrogen-bond donors (Lipinski definition) is 0. The number of hydrogen-bond acceptors (Lipinski definition) is 4. The molecule has 0 aliphatic heterocycles. The molecule has 0 aromatic heterocycles. The Morgan fingerprint density at radius 2 is 1.80 bits per heavy atom. The van der Waals surface area contributed by atoms with Crippen LogP contribution in [-0.2, 0) is 25.7 Å². The van der Waals surface area contributed by atoms with Crippen LogP contribution in [0.15, 0.2) is 23.1 Å². The topological polar surface area (TPSA) is 71.5 Å². The van der Waals surface area contributed by atoms with Crippen LogP contribution in [0, 0.1) is 0 Å². The van der Waals surface area contributed by atoms with Crippen LogP contribution in [0.3, 0.4) is 0 Å². The van der Waals surface area contributed by atoms with Crippen molar-refractivity contribution >= 4 is 43.1 Å². The zero-order chi connectivity index (χ0) is 15.6. The van der Waals surface area contributed by atoms with E-state index in [-0.39, 0.29) is 23.1 Å². The highest BCUT2D eigenvalue weighted by Gasteiger charge is 2.22. The molecule has 0 atom stereocenters. The fourth-order valence-electron chi connectivity index (χ4n) is 1.41. The minimum absolute atomic E-state index is 0.0357. The predicted octanol–water partition coefficient (Wildman–Crippen LogP) is 1.74. The van der Waals surface area contributed by atoms with E-state index < -0.39 is 19.9 Å². The summed E-state index contributed by atoms with van der Waals surface area (Å²) in [4.78, 5) is 0.0357. The lowest BCUT2D eigenvalue weighted by Gasteiger charge is -2.17. The Labute approximate surface area is 129 Å². The van der Waals surface area contributed by atoms with Gasteiger partial charge in [-0.3, -0.25) is 0 Å². The molecule has 0 aliphatic rings. The normalized spacial score (nSPS) is 12.8. The molecule has 0 aliphatic carbocycles. The second-order valence-corrected chi connectivity index (χ2v) is 9.32. The van der Waals surface area contributed by atoms with Crippen LogP contribution in [0.4, 0.5) is 0 Å². The summed E-state index contributed by atoms with van der Waals surface area (Å²) in [5, 5.41) is 0.387. The second-order valence-electron chi connectivity index (χ2n) is 4.34. The minimum Gasteiger partial charge on any atom is -0.229 e. The molecule has 0 saturated carbocycles. The Morgan fingerprint density at radius 3 is 2.30 bits per heavy atom. The van der Waals surface area contributed by atoms with Gasteiger partial charge in [0.1, 0.15) is 9.84 Å². The molecular formula is C11H15Cl2NO4S2. The zero-order valence-electron chi connectivity index (χ0n) is 11.0. The van der Waals surface area contributed by atoms with Crippen molar-refractivity contribution in [2.45, 2.75) is 10.8 Å². The van der Waals surface area contributed by atoms with Crippen LogP contribution in [-0.4, -0.2) is 46.7 Å². The SMILES string of the molecule is CN(CCS(C)(=O)=O)S(=O)(=O)c1ccc(Cl)c(CCl)c1. The third-order valence-electron chi connectivity index (χ3n) is 2.65. The molecule has 9 heteroatoms. The summed E-state index contributed by atoms with van der Waals surface area (Å²) in [6, 6.07) is 4.21. The van der Waals surface area contributed by atoms with E-state index in [9.17, 15) is 16.8 Å². The first-order valence-corrected chi connectivity index (χ1v) is 9.97. The van der Waals surface area contributed by atoms with E-state index in [0.29, 0.717) is 10.6 Å². The van der Waals surface area contributed by atoms with Crippen LogP contribution in [0.1, 0.15) is 5.56 Å². The number of halogens is 2. The van der Waals surface area contributed by atoms with E-state index in [1.54, 1.807) is 0 Å². The first-order chi connectivity index (χ1) is 9.08. The standard InChI is InChI=1S/C11H15Cl2NO4S2/c1-14(5-6-19(2,15)16)20(17,18)10-3-4-11(13)9(7-10)8-12/h3-4,7H,5-6,8H2,1-2H3. The fraction of sp³-hybridized carbons (Fsp3) is 0.455. The molecule has 0 radical (unpaired) electrons. The van der Waals surface area contributed by atoms with Gasteiger partial charge in [-0.2, -0.15) is 4.31 Å². The van der Waals surface area contributed by atoms with Gasteiger partial charge in [0, 0.05) is 30.8 Å². The monoisotopic (exact) mass is 359 g/mol. The van der Waals surface area contributed by atoms with Crippen LogP contribution in [0.25, 0.3) is 0 Å². The summed E-state index contributed by atoms with van der Waals surface area (Å²) in [5.41, 5.74) is 0.505. The number of nitrogens with zero attached hydrogens (tertiary/aromatic N) is 1. The van der Waals surface area contributed by atoms with Gasteiger partial charge in [-0.15, -0.1) is 11.6 Å². The van der Waals surface area contributed by atoms with Crippen molar-refractivity contribution in [1.82, 2.24) is 4.31 Å². The quantitative estimate of drug-likeness (QED) is 0.725. The molecule has 1 aromatic carbocycles. The van der Waals surface area contributed by atoms with Crippen LogP contribution >= 0.6 is 23.2 Å². The Kier molecular flexibility index (Phi) is 5.86. The van der Waals surface area contributed by atoms with Crippen LogP contribution in [0.5, 0.6) is 0 Å². The van der Waals surface area contributed by atoms with Crippen molar-refractivity contribution in [1.29, 1.82) is 0 Å². The van der Waals surface area contributed by atoms with Crippen molar-refractivity contribution < 1.29 is 16.8 Å². The molecule has 1 rings (SSSR count). The first-order valence-electron chi connectivity index (χ1n) is 5.56. The number of benzene rings is 1. The van der Waals surface area contributed by atoms with E-state index in [4.69, 9.17) is 23.2 Å².